The molecule has 1 aliphatic carbocycles. The average molecular weight is 346 g/mol. The van der Waals surface area contributed by atoms with Crippen LogP contribution in [0.25, 0.3) is 0 Å². The van der Waals surface area contributed by atoms with E-state index >= 15 is 0 Å². The molecule has 1 saturated carbocycles. The minimum atomic E-state index is -0.292. The monoisotopic (exact) mass is 346 g/mol. The van der Waals surface area contributed by atoms with E-state index in [1.165, 1.54) is 12.1 Å². The number of hydrogen-bond acceptors (Lipinski definition) is 4. The molecular formula is C18H23FN4O2. The lowest BCUT2D eigenvalue weighted by molar-refractivity contribution is 0.0893. The fourth-order valence-corrected chi connectivity index (χ4v) is 3.27. The van der Waals surface area contributed by atoms with Gasteiger partial charge in [-0.05, 0) is 49.3 Å². The Morgan fingerprint density at radius 3 is 2.88 bits per heavy atom. The summed E-state index contributed by atoms with van der Waals surface area (Å²) in [5.74, 6) is 0.0886. The molecule has 1 aromatic carbocycles. The number of carbonyl (C=O) groups is 1. The van der Waals surface area contributed by atoms with Gasteiger partial charge < -0.3 is 10.1 Å². The Bertz CT molecular complexity index is 711. The van der Waals surface area contributed by atoms with Crippen molar-refractivity contribution in [3.63, 3.8) is 0 Å². The molecule has 2 aromatic rings. The van der Waals surface area contributed by atoms with Crippen molar-refractivity contribution in [3.8, 4) is 0 Å². The standard InChI is InChI=1S/C18H23FN4O2/c1-25-12-13-5-7-16(8-6-13)20-18(24)17-11-23(22-21-17)10-14-3-2-4-15(19)9-14/h2-4,9,11,13,16H,5-8,10,12H2,1H3,(H,20,24). The second-order valence-electron chi connectivity index (χ2n) is 6.58. The first-order chi connectivity index (χ1) is 12.1. The van der Waals surface area contributed by atoms with Crippen LogP contribution in [0.15, 0.2) is 30.5 Å². The molecule has 0 aliphatic heterocycles. The highest BCUT2D eigenvalue weighted by atomic mass is 19.1. The zero-order valence-corrected chi connectivity index (χ0v) is 14.3. The van der Waals surface area contributed by atoms with Crippen LogP contribution in [0, 0.1) is 11.7 Å². The molecule has 1 heterocycles. The van der Waals surface area contributed by atoms with Crippen LogP contribution in [0.3, 0.4) is 0 Å². The summed E-state index contributed by atoms with van der Waals surface area (Å²) in [7, 11) is 1.72. The second-order valence-corrected chi connectivity index (χ2v) is 6.58. The van der Waals surface area contributed by atoms with Crippen LogP contribution >= 0.6 is 0 Å². The van der Waals surface area contributed by atoms with Gasteiger partial charge in [0.2, 0.25) is 0 Å². The van der Waals surface area contributed by atoms with Gasteiger partial charge in [-0.3, -0.25) is 4.79 Å². The SMILES string of the molecule is COCC1CCC(NC(=O)c2cn(Cc3cccc(F)c3)nn2)CC1. The van der Waals surface area contributed by atoms with Crippen LogP contribution in [0.5, 0.6) is 0 Å². The summed E-state index contributed by atoms with van der Waals surface area (Å²) in [4.78, 5) is 12.3. The van der Waals surface area contributed by atoms with Crippen LogP contribution in [-0.4, -0.2) is 40.7 Å². The molecule has 3 rings (SSSR count). The number of nitrogens with zero attached hydrogens (tertiary/aromatic N) is 3. The van der Waals surface area contributed by atoms with Crippen LogP contribution < -0.4 is 5.32 Å². The molecule has 7 heteroatoms. The highest BCUT2D eigenvalue weighted by Crippen LogP contribution is 2.24. The van der Waals surface area contributed by atoms with E-state index in [-0.39, 0.29) is 23.5 Å². The number of hydrogen-bond donors (Lipinski definition) is 1. The van der Waals surface area contributed by atoms with Crippen LogP contribution in [0.2, 0.25) is 0 Å². The normalized spacial score (nSPS) is 20.4. The zero-order chi connectivity index (χ0) is 17.6. The first kappa shape index (κ1) is 17.5. The number of benzene rings is 1. The van der Waals surface area contributed by atoms with Gasteiger partial charge in [0, 0.05) is 19.8 Å². The van der Waals surface area contributed by atoms with Crippen molar-refractivity contribution in [3.05, 3.63) is 47.5 Å². The number of amides is 1. The summed E-state index contributed by atoms with van der Waals surface area (Å²) >= 11 is 0. The summed E-state index contributed by atoms with van der Waals surface area (Å²) in [6.45, 7) is 1.16. The van der Waals surface area contributed by atoms with Gasteiger partial charge in [-0.15, -0.1) is 5.10 Å². The summed E-state index contributed by atoms with van der Waals surface area (Å²) in [6, 6.07) is 6.47. The summed E-state index contributed by atoms with van der Waals surface area (Å²) < 4.78 is 20.0. The lowest BCUT2D eigenvalue weighted by Crippen LogP contribution is -2.38. The van der Waals surface area contributed by atoms with Crippen LogP contribution in [-0.2, 0) is 11.3 Å². The molecule has 1 fully saturated rings. The molecule has 25 heavy (non-hydrogen) atoms. The van der Waals surface area contributed by atoms with Crippen molar-refractivity contribution >= 4 is 5.91 Å². The van der Waals surface area contributed by atoms with Gasteiger partial charge in [0.05, 0.1) is 12.7 Å². The van der Waals surface area contributed by atoms with Gasteiger partial charge in [0.15, 0.2) is 5.69 Å². The van der Waals surface area contributed by atoms with Crippen molar-refractivity contribution in [1.29, 1.82) is 0 Å². The number of rotatable bonds is 6. The van der Waals surface area contributed by atoms with Crippen molar-refractivity contribution in [2.75, 3.05) is 13.7 Å². The Morgan fingerprint density at radius 2 is 2.16 bits per heavy atom. The Hall–Kier alpha value is -2.28. The lowest BCUT2D eigenvalue weighted by atomic mass is 9.86. The van der Waals surface area contributed by atoms with Crippen LogP contribution in [0.4, 0.5) is 4.39 Å². The Kier molecular flexibility index (Phi) is 5.75. The third-order valence-electron chi connectivity index (χ3n) is 4.59. The number of carbonyl (C=O) groups excluding carboxylic acids is 1. The maximum atomic E-state index is 13.2. The number of aromatic nitrogens is 3. The van der Waals surface area contributed by atoms with E-state index in [0.717, 1.165) is 37.9 Å². The topological polar surface area (TPSA) is 69.0 Å². The van der Waals surface area contributed by atoms with E-state index in [1.54, 1.807) is 24.1 Å². The van der Waals surface area contributed by atoms with E-state index in [1.807, 2.05) is 6.07 Å². The van der Waals surface area contributed by atoms with Crippen molar-refractivity contribution in [1.82, 2.24) is 20.3 Å². The molecule has 1 aromatic heterocycles. The number of methoxy groups -OCH3 is 1. The van der Waals surface area contributed by atoms with Gasteiger partial charge in [-0.25, -0.2) is 9.07 Å². The van der Waals surface area contributed by atoms with Gasteiger partial charge in [0.1, 0.15) is 5.82 Å². The van der Waals surface area contributed by atoms with E-state index in [4.69, 9.17) is 4.74 Å². The Balaban J connectivity index is 1.52. The molecule has 1 N–H and O–H groups in total. The molecule has 0 atom stereocenters. The fourth-order valence-electron chi connectivity index (χ4n) is 3.27. The van der Waals surface area contributed by atoms with Gasteiger partial charge in [-0.2, -0.15) is 0 Å². The quantitative estimate of drug-likeness (QED) is 0.872. The van der Waals surface area contributed by atoms with Crippen LogP contribution in [0.1, 0.15) is 41.7 Å². The maximum Gasteiger partial charge on any atom is 0.273 e. The first-order valence-corrected chi connectivity index (χ1v) is 8.58. The molecule has 134 valence electrons. The predicted molar refractivity (Wildman–Crippen MR) is 90.6 cm³/mol. The van der Waals surface area contributed by atoms with Crippen molar-refractivity contribution in [2.24, 2.45) is 5.92 Å². The van der Waals surface area contributed by atoms with Crippen molar-refractivity contribution < 1.29 is 13.9 Å². The molecule has 6 nitrogen and oxygen atoms in total. The van der Waals surface area contributed by atoms with Crippen molar-refractivity contribution in [2.45, 2.75) is 38.3 Å². The highest BCUT2D eigenvalue weighted by molar-refractivity contribution is 5.92. The third kappa shape index (κ3) is 4.85. The number of nitrogens with one attached hydrogen (secondary N) is 1. The molecule has 0 spiro atoms. The summed E-state index contributed by atoms with van der Waals surface area (Å²) in [5.41, 5.74) is 1.06. The molecule has 0 bridgehead atoms. The maximum absolute atomic E-state index is 13.2. The molecule has 0 radical (unpaired) electrons. The smallest absolute Gasteiger partial charge is 0.273 e. The minimum absolute atomic E-state index is 0.175. The van der Waals surface area contributed by atoms with Gasteiger partial charge in [0.25, 0.3) is 5.91 Å². The first-order valence-electron chi connectivity index (χ1n) is 8.58. The van der Waals surface area contributed by atoms with E-state index in [0.29, 0.717) is 12.5 Å². The van der Waals surface area contributed by atoms with Gasteiger partial charge >= 0.3 is 0 Å². The largest absolute Gasteiger partial charge is 0.384 e. The van der Waals surface area contributed by atoms with E-state index in [9.17, 15) is 9.18 Å². The fraction of sp³-hybridized carbons (Fsp3) is 0.500. The number of ether oxygens (including phenoxy) is 1. The Labute approximate surface area is 146 Å². The molecule has 0 unspecified atom stereocenters. The van der Waals surface area contributed by atoms with E-state index in [2.05, 4.69) is 15.6 Å². The second kappa shape index (κ2) is 8.20. The molecular weight excluding hydrogens is 323 g/mol. The zero-order valence-electron chi connectivity index (χ0n) is 14.3. The minimum Gasteiger partial charge on any atom is -0.384 e. The Morgan fingerprint density at radius 1 is 1.36 bits per heavy atom. The molecule has 0 saturated heterocycles. The highest BCUT2D eigenvalue weighted by Gasteiger charge is 2.23. The molecule has 1 amide bonds. The number of halogens is 1. The average Bonchev–Trinajstić information content (AvgIpc) is 3.05. The summed E-state index contributed by atoms with van der Waals surface area (Å²) in [6.07, 6.45) is 5.63. The lowest BCUT2D eigenvalue weighted by Gasteiger charge is -2.28. The van der Waals surface area contributed by atoms with Gasteiger partial charge in [-0.1, -0.05) is 17.3 Å². The molecule has 1 aliphatic rings. The predicted octanol–water partition coefficient (Wildman–Crippen LogP) is 2.40. The van der Waals surface area contributed by atoms with E-state index < -0.39 is 0 Å². The summed E-state index contributed by atoms with van der Waals surface area (Å²) in [5, 5.41) is 10.9. The third-order valence-corrected chi connectivity index (χ3v) is 4.59.